The molecule has 0 amide bonds. The molecule has 1 aromatic carbocycles. The summed E-state index contributed by atoms with van der Waals surface area (Å²) < 4.78 is 30.8. The minimum atomic E-state index is -2.77. The molecule has 0 aliphatic heterocycles. The van der Waals surface area contributed by atoms with Gasteiger partial charge in [-0.3, -0.25) is 0 Å². The SMILES string of the molecule is CC(C)c1cc(-c2cc(N)no2)c(O)c(C(F)F)c1. The third-order valence-corrected chi connectivity index (χ3v) is 2.86. The molecule has 2 aromatic rings. The van der Waals surface area contributed by atoms with Gasteiger partial charge in [-0.25, -0.2) is 8.78 Å². The summed E-state index contributed by atoms with van der Waals surface area (Å²) in [6, 6.07) is 4.29. The molecule has 3 N–H and O–H groups in total. The second-order valence-electron chi connectivity index (χ2n) is 4.58. The average molecular weight is 268 g/mol. The van der Waals surface area contributed by atoms with Crippen LogP contribution in [0.4, 0.5) is 14.6 Å². The molecular formula is C13H14F2N2O2. The molecule has 0 bridgehead atoms. The van der Waals surface area contributed by atoms with Gasteiger partial charge in [0.1, 0.15) is 5.75 Å². The van der Waals surface area contributed by atoms with Crippen molar-refractivity contribution >= 4 is 5.82 Å². The summed E-state index contributed by atoms with van der Waals surface area (Å²) in [7, 11) is 0. The van der Waals surface area contributed by atoms with Crippen LogP contribution in [0.2, 0.25) is 0 Å². The number of nitrogens with zero attached hydrogens (tertiary/aromatic N) is 1. The molecule has 0 radical (unpaired) electrons. The summed E-state index contributed by atoms with van der Waals surface area (Å²) in [6.45, 7) is 3.75. The Labute approximate surface area is 108 Å². The van der Waals surface area contributed by atoms with Crippen molar-refractivity contribution < 1.29 is 18.4 Å². The molecule has 0 unspecified atom stereocenters. The van der Waals surface area contributed by atoms with E-state index in [0.717, 1.165) is 0 Å². The van der Waals surface area contributed by atoms with E-state index in [1.54, 1.807) is 6.07 Å². The van der Waals surface area contributed by atoms with Gasteiger partial charge in [0.05, 0.1) is 11.1 Å². The van der Waals surface area contributed by atoms with Crippen LogP contribution in [0.15, 0.2) is 22.7 Å². The summed E-state index contributed by atoms with van der Waals surface area (Å²) >= 11 is 0. The summed E-state index contributed by atoms with van der Waals surface area (Å²) in [6.07, 6.45) is -2.77. The van der Waals surface area contributed by atoms with E-state index in [1.807, 2.05) is 13.8 Å². The van der Waals surface area contributed by atoms with Crippen LogP contribution in [0.1, 0.15) is 37.3 Å². The summed E-state index contributed by atoms with van der Waals surface area (Å²) in [4.78, 5) is 0. The molecule has 0 aliphatic carbocycles. The Morgan fingerprint density at radius 3 is 2.42 bits per heavy atom. The lowest BCUT2D eigenvalue weighted by molar-refractivity contribution is 0.147. The zero-order valence-corrected chi connectivity index (χ0v) is 10.5. The van der Waals surface area contributed by atoms with Gasteiger partial charge in [-0.15, -0.1) is 0 Å². The van der Waals surface area contributed by atoms with Crippen molar-refractivity contribution in [3.05, 3.63) is 29.3 Å². The molecule has 1 heterocycles. The Morgan fingerprint density at radius 2 is 1.95 bits per heavy atom. The van der Waals surface area contributed by atoms with Crippen LogP contribution in [0.25, 0.3) is 11.3 Å². The number of rotatable bonds is 3. The van der Waals surface area contributed by atoms with Gasteiger partial charge in [-0.1, -0.05) is 19.0 Å². The number of nitrogens with two attached hydrogens (primary N) is 1. The summed E-state index contributed by atoms with van der Waals surface area (Å²) in [5, 5.41) is 13.4. The lowest BCUT2D eigenvalue weighted by Crippen LogP contribution is -1.95. The topological polar surface area (TPSA) is 72.3 Å². The number of alkyl halides is 2. The first-order chi connectivity index (χ1) is 8.90. The first kappa shape index (κ1) is 13.3. The van der Waals surface area contributed by atoms with Crippen molar-refractivity contribution in [3.63, 3.8) is 0 Å². The van der Waals surface area contributed by atoms with E-state index >= 15 is 0 Å². The van der Waals surface area contributed by atoms with Gasteiger partial charge >= 0.3 is 0 Å². The molecule has 1 aromatic heterocycles. The molecular weight excluding hydrogens is 254 g/mol. The van der Waals surface area contributed by atoms with Gasteiger partial charge in [0.2, 0.25) is 0 Å². The number of phenolic OH excluding ortho intramolecular Hbond substituents is 1. The van der Waals surface area contributed by atoms with Crippen molar-refractivity contribution in [2.24, 2.45) is 0 Å². The van der Waals surface area contributed by atoms with Crippen LogP contribution in [-0.4, -0.2) is 10.3 Å². The number of hydrogen-bond acceptors (Lipinski definition) is 4. The highest BCUT2D eigenvalue weighted by molar-refractivity contribution is 5.70. The quantitative estimate of drug-likeness (QED) is 0.890. The smallest absolute Gasteiger partial charge is 0.267 e. The third-order valence-electron chi connectivity index (χ3n) is 2.86. The maximum atomic E-state index is 12.9. The number of benzene rings is 1. The molecule has 0 atom stereocenters. The van der Waals surface area contributed by atoms with E-state index < -0.39 is 17.7 Å². The van der Waals surface area contributed by atoms with E-state index in [2.05, 4.69) is 5.16 Å². The van der Waals surface area contributed by atoms with Crippen LogP contribution in [0.3, 0.4) is 0 Å². The fourth-order valence-electron chi connectivity index (χ4n) is 1.78. The molecule has 0 saturated heterocycles. The molecule has 2 rings (SSSR count). The minimum Gasteiger partial charge on any atom is -0.507 e. The lowest BCUT2D eigenvalue weighted by atomic mass is 9.96. The first-order valence-corrected chi connectivity index (χ1v) is 5.77. The predicted molar refractivity (Wildman–Crippen MR) is 67.1 cm³/mol. The van der Waals surface area contributed by atoms with Gasteiger partial charge in [-0.2, -0.15) is 0 Å². The zero-order chi connectivity index (χ0) is 14.2. The molecule has 6 heteroatoms. The van der Waals surface area contributed by atoms with Gasteiger partial charge in [0.25, 0.3) is 6.43 Å². The Hall–Kier alpha value is -2.11. The number of phenols is 1. The molecule has 19 heavy (non-hydrogen) atoms. The van der Waals surface area contributed by atoms with E-state index in [4.69, 9.17) is 10.3 Å². The number of aromatic hydroxyl groups is 1. The minimum absolute atomic E-state index is 0.0390. The van der Waals surface area contributed by atoms with Crippen molar-refractivity contribution in [1.82, 2.24) is 5.16 Å². The monoisotopic (exact) mass is 268 g/mol. The maximum absolute atomic E-state index is 12.9. The molecule has 4 nitrogen and oxygen atoms in total. The van der Waals surface area contributed by atoms with Crippen molar-refractivity contribution in [2.45, 2.75) is 26.2 Å². The van der Waals surface area contributed by atoms with Crippen LogP contribution in [0, 0.1) is 0 Å². The molecule has 0 fully saturated rings. The first-order valence-electron chi connectivity index (χ1n) is 5.77. The van der Waals surface area contributed by atoms with E-state index in [1.165, 1.54) is 12.1 Å². The summed E-state index contributed by atoms with van der Waals surface area (Å²) in [5.41, 5.74) is 5.86. The Balaban J connectivity index is 2.65. The second kappa shape index (κ2) is 4.87. The lowest BCUT2D eigenvalue weighted by Gasteiger charge is -2.13. The Kier molecular flexibility index (Phi) is 3.42. The molecule has 0 saturated carbocycles. The molecule has 102 valence electrons. The van der Waals surface area contributed by atoms with Crippen LogP contribution >= 0.6 is 0 Å². The highest BCUT2D eigenvalue weighted by atomic mass is 19.3. The largest absolute Gasteiger partial charge is 0.507 e. The number of anilines is 1. The highest BCUT2D eigenvalue weighted by Gasteiger charge is 2.21. The fourth-order valence-corrected chi connectivity index (χ4v) is 1.78. The number of nitrogen functional groups attached to an aromatic ring is 1. The normalized spacial score (nSPS) is 11.5. The third kappa shape index (κ3) is 2.52. The highest BCUT2D eigenvalue weighted by Crippen LogP contribution is 2.40. The fraction of sp³-hybridized carbons (Fsp3) is 0.308. The summed E-state index contributed by atoms with van der Waals surface area (Å²) in [5.74, 6) is -0.171. The van der Waals surface area contributed by atoms with Gasteiger partial charge < -0.3 is 15.4 Å². The van der Waals surface area contributed by atoms with E-state index in [9.17, 15) is 13.9 Å². The average Bonchev–Trinajstić information content (AvgIpc) is 2.75. The number of hydrogen-bond donors (Lipinski definition) is 2. The van der Waals surface area contributed by atoms with Crippen LogP contribution in [-0.2, 0) is 0 Å². The van der Waals surface area contributed by atoms with Crippen LogP contribution in [0.5, 0.6) is 5.75 Å². The van der Waals surface area contributed by atoms with E-state index in [-0.39, 0.29) is 23.1 Å². The zero-order valence-electron chi connectivity index (χ0n) is 10.5. The van der Waals surface area contributed by atoms with Gasteiger partial charge in [0, 0.05) is 6.07 Å². The standard InChI is InChI=1S/C13H14F2N2O2/c1-6(2)7-3-8(10-5-11(16)17-19-10)12(18)9(4-7)13(14)15/h3-6,13,18H,1-2H3,(H2,16,17). The van der Waals surface area contributed by atoms with Crippen molar-refractivity contribution in [2.75, 3.05) is 5.73 Å². The Morgan fingerprint density at radius 1 is 1.26 bits per heavy atom. The van der Waals surface area contributed by atoms with Crippen molar-refractivity contribution in [3.8, 4) is 17.1 Å². The van der Waals surface area contributed by atoms with Gasteiger partial charge in [0.15, 0.2) is 11.6 Å². The predicted octanol–water partition coefficient (Wildman–Crippen LogP) is 3.69. The molecule has 0 spiro atoms. The second-order valence-corrected chi connectivity index (χ2v) is 4.58. The molecule has 0 aliphatic rings. The maximum Gasteiger partial charge on any atom is 0.267 e. The number of halogens is 2. The van der Waals surface area contributed by atoms with Gasteiger partial charge in [-0.05, 0) is 23.6 Å². The van der Waals surface area contributed by atoms with E-state index in [0.29, 0.717) is 5.56 Å². The number of aromatic nitrogens is 1. The van der Waals surface area contributed by atoms with Crippen molar-refractivity contribution in [1.29, 1.82) is 0 Å². The van der Waals surface area contributed by atoms with Crippen LogP contribution < -0.4 is 5.73 Å². The Bertz CT molecular complexity index is 594.